The molecule has 1 atom stereocenters. The van der Waals surface area contributed by atoms with Gasteiger partial charge >= 0.3 is 12.0 Å². The molecule has 2 N–H and O–H groups in total. The van der Waals surface area contributed by atoms with Crippen LogP contribution in [0, 0.1) is 0 Å². The molecule has 0 radical (unpaired) electrons. The summed E-state index contributed by atoms with van der Waals surface area (Å²) in [5.74, 6) is -0.321. The van der Waals surface area contributed by atoms with Crippen LogP contribution in [0.1, 0.15) is 39.0 Å². The van der Waals surface area contributed by atoms with Crippen molar-refractivity contribution in [2.75, 3.05) is 26.2 Å². The second kappa shape index (κ2) is 7.47. The number of nitrogens with zero attached hydrogens (tertiary/aromatic N) is 1. The van der Waals surface area contributed by atoms with Gasteiger partial charge in [0.15, 0.2) is 0 Å². The number of rotatable bonds is 3. The van der Waals surface area contributed by atoms with Gasteiger partial charge in [0.1, 0.15) is 6.04 Å². The topological polar surface area (TPSA) is 70.7 Å². The molecule has 6 nitrogen and oxygen atoms in total. The molecule has 2 aliphatic rings. The summed E-state index contributed by atoms with van der Waals surface area (Å²) in [6, 6.07) is -0.377. The van der Waals surface area contributed by atoms with Gasteiger partial charge in [0, 0.05) is 25.7 Å². The maximum absolute atomic E-state index is 12.4. The van der Waals surface area contributed by atoms with E-state index in [4.69, 9.17) is 4.74 Å². The van der Waals surface area contributed by atoms with Gasteiger partial charge in [0.25, 0.3) is 0 Å². The number of ether oxygens (including phenoxy) is 1. The van der Waals surface area contributed by atoms with E-state index in [0.29, 0.717) is 26.2 Å². The fourth-order valence-corrected chi connectivity index (χ4v) is 2.90. The molecule has 0 aromatic heterocycles. The van der Waals surface area contributed by atoms with Crippen molar-refractivity contribution in [3.05, 3.63) is 0 Å². The second-order valence-corrected chi connectivity index (χ2v) is 5.45. The Bertz CT molecular complexity index is 343. The van der Waals surface area contributed by atoms with E-state index in [1.54, 1.807) is 11.8 Å². The molecule has 0 bridgehead atoms. The molecule has 0 aromatic rings. The van der Waals surface area contributed by atoms with Crippen LogP contribution in [-0.4, -0.2) is 55.2 Å². The second-order valence-electron chi connectivity index (χ2n) is 5.45. The summed E-state index contributed by atoms with van der Waals surface area (Å²) >= 11 is 0. The van der Waals surface area contributed by atoms with Crippen molar-refractivity contribution in [2.24, 2.45) is 0 Å². The maximum Gasteiger partial charge on any atom is 0.330 e. The Morgan fingerprint density at radius 2 is 2.05 bits per heavy atom. The van der Waals surface area contributed by atoms with Crippen LogP contribution in [0.25, 0.3) is 0 Å². The van der Waals surface area contributed by atoms with Crippen LogP contribution in [0.15, 0.2) is 0 Å². The lowest BCUT2D eigenvalue weighted by Gasteiger charge is -2.36. The highest BCUT2D eigenvalue weighted by Crippen LogP contribution is 2.18. The minimum atomic E-state index is -0.507. The molecule has 1 aliphatic heterocycles. The number of carbonyl (C=O) groups is 2. The Balaban J connectivity index is 1.92. The molecule has 2 fully saturated rings. The molecule has 1 aliphatic carbocycles. The van der Waals surface area contributed by atoms with Crippen molar-refractivity contribution >= 4 is 12.0 Å². The average molecular weight is 283 g/mol. The number of carbonyl (C=O) groups excluding carboxylic acids is 2. The molecule has 0 aromatic carbocycles. The lowest BCUT2D eigenvalue weighted by molar-refractivity contribution is -0.148. The zero-order chi connectivity index (χ0) is 14.4. The Morgan fingerprint density at radius 3 is 2.75 bits per heavy atom. The third-order valence-electron chi connectivity index (χ3n) is 4.00. The van der Waals surface area contributed by atoms with Crippen molar-refractivity contribution in [3.8, 4) is 0 Å². The maximum atomic E-state index is 12.4. The Morgan fingerprint density at radius 1 is 1.30 bits per heavy atom. The van der Waals surface area contributed by atoms with Gasteiger partial charge in [-0.1, -0.05) is 19.3 Å². The normalized spacial score (nSPS) is 24.2. The first-order valence-corrected chi connectivity index (χ1v) is 7.67. The molecule has 6 heteroatoms. The van der Waals surface area contributed by atoms with Gasteiger partial charge in [-0.25, -0.2) is 9.59 Å². The molecule has 0 spiro atoms. The number of urea groups is 1. The number of amides is 2. The zero-order valence-electron chi connectivity index (χ0n) is 12.2. The van der Waals surface area contributed by atoms with E-state index in [-0.39, 0.29) is 18.0 Å². The molecule has 2 amide bonds. The predicted molar refractivity (Wildman–Crippen MR) is 75.4 cm³/mol. The number of hydrogen-bond donors (Lipinski definition) is 2. The summed E-state index contributed by atoms with van der Waals surface area (Å²) in [6.45, 7) is 3.85. The van der Waals surface area contributed by atoms with Crippen molar-refractivity contribution in [2.45, 2.75) is 51.1 Å². The van der Waals surface area contributed by atoms with E-state index < -0.39 is 6.04 Å². The summed E-state index contributed by atoms with van der Waals surface area (Å²) < 4.78 is 5.05. The van der Waals surface area contributed by atoms with E-state index in [1.807, 2.05) is 0 Å². The number of nitrogens with one attached hydrogen (secondary N) is 2. The third kappa shape index (κ3) is 3.85. The van der Waals surface area contributed by atoms with E-state index in [1.165, 1.54) is 19.3 Å². The molecule has 114 valence electrons. The summed E-state index contributed by atoms with van der Waals surface area (Å²) in [5.41, 5.74) is 0. The molecule has 2 rings (SSSR count). The highest BCUT2D eigenvalue weighted by atomic mass is 16.5. The first kappa shape index (κ1) is 15.1. The summed E-state index contributed by atoms with van der Waals surface area (Å²) in [4.78, 5) is 25.9. The Hall–Kier alpha value is -1.30. The average Bonchev–Trinajstić information content (AvgIpc) is 2.48. The molecule has 1 saturated carbocycles. The summed E-state index contributed by atoms with van der Waals surface area (Å²) in [5, 5.41) is 6.21. The predicted octanol–water partition coefficient (Wildman–Crippen LogP) is 0.866. The highest BCUT2D eigenvalue weighted by Gasteiger charge is 2.34. The van der Waals surface area contributed by atoms with E-state index >= 15 is 0 Å². The van der Waals surface area contributed by atoms with E-state index in [9.17, 15) is 9.59 Å². The van der Waals surface area contributed by atoms with Crippen LogP contribution in [0.5, 0.6) is 0 Å². The molecular formula is C14H25N3O3. The van der Waals surface area contributed by atoms with Gasteiger partial charge in [-0.15, -0.1) is 0 Å². The highest BCUT2D eigenvalue weighted by molar-refractivity contribution is 5.84. The quantitative estimate of drug-likeness (QED) is 0.754. The van der Waals surface area contributed by atoms with Crippen molar-refractivity contribution < 1.29 is 14.3 Å². The zero-order valence-corrected chi connectivity index (χ0v) is 12.2. The number of piperazine rings is 1. The summed E-state index contributed by atoms with van der Waals surface area (Å²) in [6.07, 6.45) is 5.69. The van der Waals surface area contributed by atoms with Crippen LogP contribution >= 0.6 is 0 Å². The smallest absolute Gasteiger partial charge is 0.330 e. The van der Waals surface area contributed by atoms with Gasteiger partial charge in [-0.05, 0) is 19.8 Å². The molecule has 1 heterocycles. The van der Waals surface area contributed by atoms with Gasteiger partial charge < -0.3 is 20.3 Å². The van der Waals surface area contributed by atoms with Gasteiger partial charge in [-0.3, -0.25) is 0 Å². The first-order chi connectivity index (χ1) is 9.72. The molecule has 1 saturated heterocycles. The fraction of sp³-hybridized carbons (Fsp3) is 0.857. The minimum absolute atomic E-state index is 0.128. The lowest BCUT2D eigenvalue weighted by atomic mass is 9.96. The van der Waals surface area contributed by atoms with Crippen molar-refractivity contribution in [1.29, 1.82) is 0 Å². The van der Waals surface area contributed by atoms with Crippen molar-refractivity contribution in [3.63, 3.8) is 0 Å². The molecular weight excluding hydrogens is 258 g/mol. The fourth-order valence-electron chi connectivity index (χ4n) is 2.90. The number of esters is 1. The lowest BCUT2D eigenvalue weighted by Crippen LogP contribution is -2.60. The van der Waals surface area contributed by atoms with E-state index in [2.05, 4.69) is 10.6 Å². The van der Waals surface area contributed by atoms with Gasteiger partial charge in [0.05, 0.1) is 6.61 Å². The Labute approximate surface area is 120 Å². The molecule has 20 heavy (non-hydrogen) atoms. The van der Waals surface area contributed by atoms with Crippen LogP contribution in [0.4, 0.5) is 4.79 Å². The largest absolute Gasteiger partial charge is 0.464 e. The van der Waals surface area contributed by atoms with Crippen LogP contribution in [0.2, 0.25) is 0 Å². The monoisotopic (exact) mass is 283 g/mol. The SMILES string of the molecule is CCOC(=O)C1CNCCN1C(=O)NC1CCCCC1. The van der Waals surface area contributed by atoms with Crippen LogP contribution < -0.4 is 10.6 Å². The van der Waals surface area contributed by atoms with Gasteiger partial charge in [-0.2, -0.15) is 0 Å². The van der Waals surface area contributed by atoms with Crippen LogP contribution in [-0.2, 0) is 9.53 Å². The van der Waals surface area contributed by atoms with E-state index in [0.717, 1.165) is 12.8 Å². The Kier molecular flexibility index (Phi) is 5.64. The first-order valence-electron chi connectivity index (χ1n) is 7.67. The minimum Gasteiger partial charge on any atom is -0.464 e. The summed E-state index contributed by atoms with van der Waals surface area (Å²) in [7, 11) is 0. The van der Waals surface area contributed by atoms with Crippen molar-refractivity contribution in [1.82, 2.24) is 15.5 Å². The standard InChI is InChI=1S/C14H25N3O3/c1-2-20-13(18)12-10-15-8-9-17(12)14(19)16-11-6-4-3-5-7-11/h11-12,15H,2-10H2,1H3,(H,16,19). The number of hydrogen-bond acceptors (Lipinski definition) is 4. The van der Waals surface area contributed by atoms with Gasteiger partial charge in [0.2, 0.25) is 0 Å². The molecule has 1 unspecified atom stereocenters. The third-order valence-corrected chi connectivity index (χ3v) is 4.00. The van der Waals surface area contributed by atoms with Crippen LogP contribution in [0.3, 0.4) is 0 Å².